The Morgan fingerprint density at radius 2 is 1.97 bits per heavy atom. The number of hydrogen-bond acceptors (Lipinski definition) is 7. The van der Waals surface area contributed by atoms with Crippen molar-refractivity contribution in [1.29, 1.82) is 0 Å². The van der Waals surface area contributed by atoms with Crippen molar-refractivity contribution in [1.82, 2.24) is 20.2 Å². The molecule has 0 aliphatic carbocycles. The highest BCUT2D eigenvalue weighted by atomic mass is 35.5. The van der Waals surface area contributed by atoms with Crippen LogP contribution in [0.3, 0.4) is 0 Å². The lowest BCUT2D eigenvalue weighted by molar-refractivity contribution is -0.114. The number of carbonyl (C=O) groups is 1. The molecule has 1 amide bonds. The predicted octanol–water partition coefficient (Wildman–Crippen LogP) is 3.42. The molecule has 32 heavy (non-hydrogen) atoms. The normalized spacial score (nSPS) is 14.4. The van der Waals surface area contributed by atoms with E-state index in [0.29, 0.717) is 60.7 Å². The molecule has 168 valence electrons. The fourth-order valence-corrected chi connectivity index (χ4v) is 3.79. The van der Waals surface area contributed by atoms with Gasteiger partial charge in [-0.25, -0.2) is 4.98 Å². The number of aliphatic hydroxyl groups excluding tert-OH is 1. The Morgan fingerprint density at radius 3 is 2.59 bits per heavy atom. The molecular formula is C22H26ClN7O2. The summed E-state index contributed by atoms with van der Waals surface area (Å²) in [7, 11) is 0. The molecule has 0 spiro atoms. The van der Waals surface area contributed by atoms with E-state index in [0.717, 1.165) is 16.9 Å². The van der Waals surface area contributed by atoms with Gasteiger partial charge in [0, 0.05) is 43.9 Å². The van der Waals surface area contributed by atoms with E-state index in [-0.39, 0.29) is 12.0 Å². The van der Waals surface area contributed by atoms with E-state index in [1.807, 2.05) is 37.3 Å². The van der Waals surface area contributed by atoms with Gasteiger partial charge in [0.2, 0.25) is 11.9 Å². The van der Waals surface area contributed by atoms with Gasteiger partial charge in [0.05, 0.1) is 11.8 Å². The van der Waals surface area contributed by atoms with Crippen LogP contribution in [0, 0.1) is 6.92 Å². The average molecular weight is 456 g/mol. The molecule has 1 aliphatic heterocycles. The number of carbonyl (C=O) groups excluding carboxylic acids is 1. The lowest BCUT2D eigenvalue weighted by Gasteiger charge is -2.30. The third-order valence-corrected chi connectivity index (χ3v) is 5.65. The second-order valence-corrected chi connectivity index (χ2v) is 8.35. The Bertz CT molecular complexity index is 1090. The van der Waals surface area contributed by atoms with Gasteiger partial charge in [-0.05, 0) is 37.5 Å². The van der Waals surface area contributed by atoms with Gasteiger partial charge in [-0.15, -0.1) is 0 Å². The molecule has 1 aliphatic rings. The molecule has 0 bridgehead atoms. The number of anilines is 4. The monoisotopic (exact) mass is 455 g/mol. The zero-order valence-corrected chi connectivity index (χ0v) is 18.8. The van der Waals surface area contributed by atoms with Crippen molar-refractivity contribution in [3.8, 4) is 0 Å². The summed E-state index contributed by atoms with van der Waals surface area (Å²) in [5, 5.41) is 23.4. The van der Waals surface area contributed by atoms with Gasteiger partial charge in [0.25, 0.3) is 0 Å². The van der Waals surface area contributed by atoms with Crippen LogP contribution in [-0.4, -0.2) is 50.4 Å². The smallest absolute Gasteiger partial charge is 0.227 e. The van der Waals surface area contributed by atoms with Crippen LogP contribution in [0.4, 0.5) is 23.3 Å². The molecule has 3 heterocycles. The lowest BCUT2D eigenvalue weighted by atomic mass is 10.1. The molecule has 0 unspecified atom stereocenters. The molecule has 1 saturated heterocycles. The van der Waals surface area contributed by atoms with Crippen LogP contribution in [0.25, 0.3) is 0 Å². The number of amides is 1. The minimum absolute atomic E-state index is 0.114. The zero-order valence-electron chi connectivity index (χ0n) is 18.0. The van der Waals surface area contributed by atoms with Crippen molar-refractivity contribution in [2.75, 3.05) is 28.6 Å². The number of hydrogen-bond donors (Lipinski definition) is 4. The summed E-state index contributed by atoms with van der Waals surface area (Å²) in [6, 6.07) is 9.44. The van der Waals surface area contributed by atoms with Gasteiger partial charge in [-0.2, -0.15) is 10.1 Å². The maximum Gasteiger partial charge on any atom is 0.227 e. The van der Waals surface area contributed by atoms with Crippen molar-refractivity contribution < 1.29 is 9.90 Å². The molecule has 10 heteroatoms. The maximum absolute atomic E-state index is 11.3. The number of piperidine rings is 1. The van der Waals surface area contributed by atoms with Crippen LogP contribution in [0.1, 0.15) is 36.7 Å². The van der Waals surface area contributed by atoms with Gasteiger partial charge in [0.1, 0.15) is 5.02 Å². The second kappa shape index (κ2) is 9.54. The van der Waals surface area contributed by atoms with Gasteiger partial charge in [-0.1, -0.05) is 23.7 Å². The molecule has 9 nitrogen and oxygen atoms in total. The molecule has 0 radical (unpaired) electrons. The van der Waals surface area contributed by atoms with Gasteiger partial charge in [-0.3, -0.25) is 9.89 Å². The van der Waals surface area contributed by atoms with Gasteiger partial charge in [0.15, 0.2) is 11.6 Å². The van der Waals surface area contributed by atoms with Crippen LogP contribution in [-0.2, 0) is 11.2 Å². The van der Waals surface area contributed by atoms with Crippen molar-refractivity contribution in [3.05, 3.63) is 52.3 Å². The first-order valence-electron chi connectivity index (χ1n) is 10.5. The van der Waals surface area contributed by atoms with E-state index in [2.05, 4.69) is 30.7 Å². The Labute approximate surface area is 191 Å². The zero-order chi connectivity index (χ0) is 22.7. The van der Waals surface area contributed by atoms with Crippen molar-refractivity contribution in [2.45, 2.75) is 39.2 Å². The number of halogens is 1. The van der Waals surface area contributed by atoms with Gasteiger partial charge < -0.3 is 20.6 Å². The molecule has 3 aromatic rings. The largest absolute Gasteiger partial charge is 0.393 e. The van der Waals surface area contributed by atoms with E-state index in [9.17, 15) is 9.90 Å². The second-order valence-electron chi connectivity index (χ2n) is 7.97. The molecule has 0 saturated carbocycles. The number of aromatic nitrogens is 4. The molecule has 4 rings (SSSR count). The summed E-state index contributed by atoms with van der Waals surface area (Å²) in [5.74, 6) is 1.56. The van der Waals surface area contributed by atoms with Crippen molar-refractivity contribution in [2.24, 2.45) is 0 Å². The molecule has 2 aromatic heterocycles. The summed E-state index contributed by atoms with van der Waals surface area (Å²) in [5.41, 5.74) is 3.34. The third kappa shape index (κ3) is 5.35. The minimum Gasteiger partial charge on any atom is -0.393 e. The summed E-state index contributed by atoms with van der Waals surface area (Å²) in [6.45, 7) is 4.74. The van der Waals surface area contributed by atoms with Crippen LogP contribution < -0.4 is 15.5 Å². The minimum atomic E-state index is -0.287. The van der Waals surface area contributed by atoms with E-state index in [1.165, 1.54) is 6.92 Å². The Hall–Kier alpha value is -3.17. The average Bonchev–Trinajstić information content (AvgIpc) is 3.17. The molecule has 0 atom stereocenters. The fraction of sp³-hybridized carbons (Fsp3) is 0.364. The van der Waals surface area contributed by atoms with E-state index in [1.54, 1.807) is 0 Å². The Morgan fingerprint density at radius 1 is 1.25 bits per heavy atom. The Kier molecular flexibility index (Phi) is 6.57. The van der Waals surface area contributed by atoms with Crippen LogP contribution in [0.15, 0.2) is 30.3 Å². The quantitative estimate of drug-likeness (QED) is 0.449. The lowest BCUT2D eigenvalue weighted by Crippen LogP contribution is -2.37. The first-order chi connectivity index (χ1) is 15.4. The first-order valence-corrected chi connectivity index (χ1v) is 10.9. The number of nitrogens with one attached hydrogen (secondary N) is 3. The maximum atomic E-state index is 11.3. The number of nitrogens with zero attached hydrogens (tertiary/aromatic N) is 4. The number of aliphatic hydroxyl groups is 1. The van der Waals surface area contributed by atoms with Crippen LogP contribution >= 0.6 is 11.6 Å². The standard InChI is InChI=1S/C22H26ClN7O2/c1-13-11-19(29-28-13)26-21-20(23)18(12-15-3-5-16(6-4-15)24-14(2)31)25-22(27-21)30-9-7-17(32)8-10-30/h3-6,11,17,32H,7-10,12H2,1-2H3,(H,24,31)(H2,25,26,27,28,29). The number of H-pyrrole nitrogens is 1. The first kappa shape index (κ1) is 22.0. The van der Waals surface area contributed by atoms with Gasteiger partial charge >= 0.3 is 0 Å². The van der Waals surface area contributed by atoms with Crippen molar-refractivity contribution in [3.63, 3.8) is 0 Å². The molecular weight excluding hydrogens is 430 g/mol. The molecule has 1 aromatic carbocycles. The van der Waals surface area contributed by atoms with Crippen LogP contribution in [0.5, 0.6) is 0 Å². The summed E-state index contributed by atoms with van der Waals surface area (Å²) < 4.78 is 0. The van der Waals surface area contributed by atoms with Crippen molar-refractivity contribution >= 4 is 40.8 Å². The Balaban J connectivity index is 1.64. The number of benzene rings is 1. The van der Waals surface area contributed by atoms with E-state index >= 15 is 0 Å². The van der Waals surface area contributed by atoms with E-state index in [4.69, 9.17) is 16.6 Å². The summed E-state index contributed by atoms with van der Waals surface area (Å²) in [6.07, 6.45) is 1.56. The highest BCUT2D eigenvalue weighted by molar-refractivity contribution is 6.33. The molecule has 1 fully saturated rings. The topological polar surface area (TPSA) is 119 Å². The number of rotatable bonds is 6. The summed E-state index contributed by atoms with van der Waals surface area (Å²) >= 11 is 6.71. The highest BCUT2D eigenvalue weighted by Gasteiger charge is 2.22. The third-order valence-electron chi connectivity index (χ3n) is 5.25. The number of aryl methyl sites for hydroxylation is 1. The molecule has 4 N–H and O–H groups in total. The predicted molar refractivity (Wildman–Crippen MR) is 125 cm³/mol. The SMILES string of the molecule is CC(=O)Nc1ccc(Cc2nc(N3CCC(O)CC3)nc(Nc3cc(C)[nH]n3)c2Cl)cc1. The highest BCUT2D eigenvalue weighted by Crippen LogP contribution is 2.30. The van der Waals surface area contributed by atoms with E-state index < -0.39 is 0 Å². The summed E-state index contributed by atoms with van der Waals surface area (Å²) in [4.78, 5) is 22.7. The number of aromatic amines is 1. The van der Waals surface area contributed by atoms with Crippen LogP contribution in [0.2, 0.25) is 5.02 Å². The fourth-order valence-electron chi connectivity index (χ4n) is 3.59.